The average molecular weight is 406 g/mol. The van der Waals surface area contributed by atoms with Gasteiger partial charge >= 0.3 is 6.09 Å². The smallest absolute Gasteiger partial charge is 0.410 e. The Morgan fingerprint density at radius 2 is 1.76 bits per heavy atom. The first kappa shape index (κ1) is 21.5. The molecule has 8 nitrogen and oxygen atoms in total. The second-order valence-corrected chi connectivity index (χ2v) is 8.86. The van der Waals surface area contributed by atoms with Gasteiger partial charge in [-0.3, -0.25) is 9.89 Å². The average Bonchev–Trinajstić information content (AvgIpc) is 3.33. The lowest BCUT2D eigenvalue weighted by Gasteiger charge is -2.36. The number of rotatable bonds is 4. The van der Waals surface area contributed by atoms with Crippen LogP contribution < -0.4 is 5.73 Å². The van der Waals surface area contributed by atoms with Crippen molar-refractivity contribution in [3.8, 4) is 0 Å². The minimum atomic E-state index is -0.483. The van der Waals surface area contributed by atoms with Gasteiger partial charge in [0.2, 0.25) is 0 Å². The number of furan rings is 1. The zero-order valence-electron chi connectivity index (χ0n) is 18.2. The molecule has 2 saturated heterocycles. The standard InChI is InChI=1S/C21H35N5O3/c1-16-7-8-18(28-16)17(24-9-5-6-10-24)15-23-19(22)25-11-13-26(14-12-25)20(27)29-21(2,3)4/h7-8,17H,5-6,9-15H2,1-4H3,(H2,22,23). The number of hydrogen-bond acceptors (Lipinski definition) is 5. The largest absolute Gasteiger partial charge is 0.465 e. The molecule has 0 aromatic carbocycles. The molecule has 162 valence electrons. The topological polar surface area (TPSA) is 87.5 Å². The van der Waals surface area contributed by atoms with Gasteiger partial charge < -0.3 is 24.7 Å². The van der Waals surface area contributed by atoms with Crippen LogP contribution in [0.1, 0.15) is 51.2 Å². The molecule has 0 saturated carbocycles. The zero-order valence-corrected chi connectivity index (χ0v) is 18.2. The molecule has 1 unspecified atom stereocenters. The Bertz CT molecular complexity index is 710. The molecule has 0 bridgehead atoms. The first-order chi connectivity index (χ1) is 13.7. The Hall–Kier alpha value is -2.22. The number of nitrogens with zero attached hydrogens (tertiary/aromatic N) is 4. The summed E-state index contributed by atoms with van der Waals surface area (Å²) in [6.45, 7) is 12.8. The van der Waals surface area contributed by atoms with Crippen molar-refractivity contribution in [2.45, 2.75) is 52.2 Å². The molecule has 1 aromatic rings. The van der Waals surface area contributed by atoms with Crippen molar-refractivity contribution < 1.29 is 13.9 Å². The van der Waals surface area contributed by atoms with Crippen LogP contribution in [-0.2, 0) is 4.74 Å². The predicted molar refractivity (Wildman–Crippen MR) is 113 cm³/mol. The molecule has 2 fully saturated rings. The number of piperazine rings is 1. The molecule has 29 heavy (non-hydrogen) atoms. The minimum absolute atomic E-state index is 0.118. The van der Waals surface area contributed by atoms with E-state index in [-0.39, 0.29) is 12.1 Å². The fourth-order valence-corrected chi connectivity index (χ4v) is 3.80. The molecule has 3 rings (SSSR count). The molecule has 8 heteroatoms. The first-order valence-electron chi connectivity index (χ1n) is 10.6. The summed E-state index contributed by atoms with van der Waals surface area (Å²) in [5, 5.41) is 0. The van der Waals surface area contributed by atoms with E-state index in [2.05, 4.69) is 4.90 Å². The van der Waals surface area contributed by atoms with Crippen LogP contribution in [0.5, 0.6) is 0 Å². The number of carbonyl (C=O) groups excluding carboxylic acids is 1. The Morgan fingerprint density at radius 1 is 1.14 bits per heavy atom. The van der Waals surface area contributed by atoms with Gasteiger partial charge in [0.25, 0.3) is 0 Å². The van der Waals surface area contributed by atoms with Crippen LogP contribution in [0.25, 0.3) is 0 Å². The normalized spacial score (nSPS) is 20.2. The number of nitrogens with two attached hydrogens (primary N) is 1. The maximum absolute atomic E-state index is 12.2. The number of likely N-dealkylation sites (tertiary alicyclic amines) is 1. The van der Waals surface area contributed by atoms with Crippen LogP contribution in [0.3, 0.4) is 0 Å². The third-order valence-corrected chi connectivity index (χ3v) is 5.35. The molecule has 1 atom stereocenters. The monoisotopic (exact) mass is 405 g/mol. The third-order valence-electron chi connectivity index (χ3n) is 5.35. The molecular weight excluding hydrogens is 370 g/mol. The summed E-state index contributed by atoms with van der Waals surface area (Å²) in [6, 6.07) is 4.16. The summed E-state index contributed by atoms with van der Waals surface area (Å²) in [4.78, 5) is 23.1. The van der Waals surface area contributed by atoms with Crippen molar-refractivity contribution in [2.75, 3.05) is 45.8 Å². The highest BCUT2D eigenvalue weighted by Gasteiger charge is 2.28. The van der Waals surface area contributed by atoms with Gasteiger partial charge in [-0.15, -0.1) is 0 Å². The van der Waals surface area contributed by atoms with Gasteiger partial charge in [-0.05, 0) is 65.8 Å². The van der Waals surface area contributed by atoms with Crippen LogP contribution in [0.4, 0.5) is 4.79 Å². The minimum Gasteiger partial charge on any atom is -0.465 e. The number of amides is 1. The fourth-order valence-electron chi connectivity index (χ4n) is 3.80. The van der Waals surface area contributed by atoms with Crippen molar-refractivity contribution in [1.29, 1.82) is 0 Å². The van der Waals surface area contributed by atoms with Gasteiger partial charge in [-0.2, -0.15) is 0 Å². The molecule has 0 radical (unpaired) electrons. The van der Waals surface area contributed by atoms with Crippen molar-refractivity contribution in [3.63, 3.8) is 0 Å². The number of guanidine groups is 1. The maximum Gasteiger partial charge on any atom is 0.410 e. The van der Waals surface area contributed by atoms with Crippen molar-refractivity contribution >= 4 is 12.1 Å². The van der Waals surface area contributed by atoms with E-state index >= 15 is 0 Å². The molecular formula is C21H35N5O3. The highest BCUT2D eigenvalue weighted by molar-refractivity contribution is 5.78. The summed E-state index contributed by atoms with van der Waals surface area (Å²) in [6.07, 6.45) is 2.15. The van der Waals surface area contributed by atoms with E-state index in [9.17, 15) is 4.79 Å². The first-order valence-corrected chi connectivity index (χ1v) is 10.6. The lowest BCUT2D eigenvalue weighted by molar-refractivity contribution is 0.0186. The Kier molecular flexibility index (Phi) is 6.72. The predicted octanol–water partition coefficient (Wildman–Crippen LogP) is 2.59. The van der Waals surface area contributed by atoms with Crippen LogP contribution in [-0.4, -0.2) is 78.2 Å². The van der Waals surface area contributed by atoms with E-state index in [1.807, 2.05) is 44.7 Å². The van der Waals surface area contributed by atoms with Gasteiger partial charge in [0.1, 0.15) is 17.1 Å². The number of carbonyl (C=O) groups is 1. The van der Waals surface area contributed by atoms with E-state index < -0.39 is 5.60 Å². The molecule has 2 aliphatic heterocycles. The van der Waals surface area contributed by atoms with Gasteiger partial charge in [-0.1, -0.05) is 0 Å². The summed E-state index contributed by atoms with van der Waals surface area (Å²) in [5.41, 5.74) is 5.81. The molecule has 1 amide bonds. The van der Waals surface area contributed by atoms with E-state index in [0.29, 0.717) is 38.7 Å². The number of ether oxygens (including phenoxy) is 1. The van der Waals surface area contributed by atoms with Crippen molar-refractivity contribution in [2.24, 2.45) is 10.7 Å². The highest BCUT2D eigenvalue weighted by atomic mass is 16.6. The van der Waals surface area contributed by atoms with Gasteiger partial charge in [0.05, 0.1) is 12.6 Å². The SMILES string of the molecule is Cc1ccc(C(CN=C(N)N2CCN(C(=O)OC(C)(C)C)CC2)N2CCCC2)o1. The van der Waals surface area contributed by atoms with E-state index in [4.69, 9.17) is 19.9 Å². The quantitative estimate of drug-likeness (QED) is 0.612. The van der Waals surface area contributed by atoms with Crippen molar-refractivity contribution in [3.05, 3.63) is 23.7 Å². The highest BCUT2D eigenvalue weighted by Crippen LogP contribution is 2.27. The second kappa shape index (κ2) is 9.07. The fraction of sp³-hybridized carbons (Fsp3) is 0.714. The van der Waals surface area contributed by atoms with Gasteiger partial charge in [0.15, 0.2) is 5.96 Å². The number of aliphatic imine (C=N–C) groups is 1. The Labute approximate surface area is 173 Å². The van der Waals surface area contributed by atoms with E-state index in [1.54, 1.807) is 4.90 Å². The molecule has 3 heterocycles. The van der Waals surface area contributed by atoms with Gasteiger partial charge in [0, 0.05) is 26.2 Å². The summed E-state index contributed by atoms with van der Waals surface area (Å²) in [5.74, 6) is 2.40. The van der Waals surface area contributed by atoms with Crippen LogP contribution >= 0.6 is 0 Å². The molecule has 2 aliphatic rings. The lowest BCUT2D eigenvalue weighted by Crippen LogP contribution is -2.53. The Balaban J connectivity index is 1.57. The summed E-state index contributed by atoms with van der Waals surface area (Å²) < 4.78 is 11.3. The second-order valence-electron chi connectivity index (χ2n) is 8.86. The maximum atomic E-state index is 12.2. The summed E-state index contributed by atoms with van der Waals surface area (Å²) in [7, 11) is 0. The molecule has 0 aliphatic carbocycles. The molecule has 0 spiro atoms. The van der Waals surface area contributed by atoms with Crippen LogP contribution in [0.2, 0.25) is 0 Å². The van der Waals surface area contributed by atoms with E-state index in [0.717, 1.165) is 24.6 Å². The Morgan fingerprint density at radius 3 is 2.31 bits per heavy atom. The molecule has 1 aromatic heterocycles. The zero-order chi connectivity index (χ0) is 21.0. The number of aryl methyl sites for hydroxylation is 1. The van der Waals surface area contributed by atoms with Crippen LogP contribution in [0, 0.1) is 6.92 Å². The van der Waals surface area contributed by atoms with Gasteiger partial charge in [-0.25, -0.2) is 4.79 Å². The third kappa shape index (κ3) is 5.88. The number of hydrogen-bond donors (Lipinski definition) is 1. The molecule has 2 N–H and O–H groups in total. The van der Waals surface area contributed by atoms with Crippen LogP contribution in [0.15, 0.2) is 21.5 Å². The lowest BCUT2D eigenvalue weighted by atomic mass is 10.2. The van der Waals surface area contributed by atoms with E-state index in [1.165, 1.54) is 12.8 Å². The van der Waals surface area contributed by atoms with Crippen molar-refractivity contribution in [1.82, 2.24) is 14.7 Å². The summed E-state index contributed by atoms with van der Waals surface area (Å²) >= 11 is 0.